The van der Waals surface area contributed by atoms with Crippen molar-refractivity contribution in [3.63, 3.8) is 0 Å². The highest BCUT2D eigenvalue weighted by Crippen LogP contribution is 2.27. The summed E-state index contributed by atoms with van der Waals surface area (Å²) in [6.07, 6.45) is 6.10. The molecule has 72 valence electrons. The van der Waals surface area contributed by atoms with Crippen LogP contribution in [-0.2, 0) is 0 Å². The van der Waals surface area contributed by atoms with Gasteiger partial charge in [-0.3, -0.25) is 10.1 Å². The molecule has 0 atom stereocenters. The topological polar surface area (TPSA) is 81.0 Å². The summed E-state index contributed by atoms with van der Waals surface area (Å²) in [5, 5.41) is 12.9. The molecular formula is C7H5ClN4O2. The molecule has 0 aliphatic rings. The van der Waals surface area contributed by atoms with Gasteiger partial charge < -0.3 is 5.32 Å². The minimum atomic E-state index is -0.665. The van der Waals surface area contributed by atoms with Crippen molar-refractivity contribution in [2.24, 2.45) is 0 Å². The lowest BCUT2D eigenvalue weighted by Crippen LogP contribution is -2.05. The molecule has 1 heterocycles. The SMILES string of the molecule is C#CCNc1ncnc(Cl)c1[N+](=O)[O-]. The van der Waals surface area contributed by atoms with Gasteiger partial charge in [-0.25, -0.2) is 9.97 Å². The minimum absolute atomic E-state index is 0.0213. The zero-order chi connectivity index (χ0) is 10.6. The second-order valence-corrected chi connectivity index (χ2v) is 2.53. The maximum atomic E-state index is 10.6. The van der Waals surface area contributed by atoms with E-state index in [4.69, 9.17) is 18.0 Å². The number of hydrogen-bond donors (Lipinski definition) is 1. The summed E-state index contributed by atoms with van der Waals surface area (Å²) in [6, 6.07) is 0. The quantitative estimate of drug-likeness (QED) is 0.351. The van der Waals surface area contributed by atoms with E-state index in [2.05, 4.69) is 21.2 Å². The number of terminal acetylenes is 1. The van der Waals surface area contributed by atoms with E-state index in [1.165, 1.54) is 0 Å². The van der Waals surface area contributed by atoms with Crippen LogP contribution in [-0.4, -0.2) is 21.4 Å². The fraction of sp³-hybridized carbons (Fsp3) is 0.143. The van der Waals surface area contributed by atoms with Crippen LogP contribution in [0.1, 0.15) is 0 Å². The van der Waals surface area contributed by atoms with Crippen molar-refractivity contribution in [2.45, 2.75) is 0 Å². The van der Waals surface area contributed by atoms with Gasteiger partial charge in [-0.2, -0.15) is 0 Å². The van der Waals surface area contributed by atoms with Crippen molar-refractivity contribution >= 4 is 23.1 Å². The van der Waals surface area contributed by atoms with Crippen LogP contribution in [0.5, 0.6) is 0 Å². The summed E-state index contributed by atoms with van der Waals surface area (Å²) in [5.74, 6) is 2.29. The first-order valence-electron chi connectivity index (χ1n) is 3.49. The first-order valence-corrected chi connectivity index (χ1v) is 3.87. The molecular weight excluding hydrogens is 208 g/mol. The third-order valence-electron chi connectivity index (χ3n) is 1.32. The Morgan fingerprint density at radius 2 is 2.43 bits per heavy atom. The van der Waals surface area contributed by atoms with E-state index in [-0.39, 0.29) is 23.2 Å². The Morgan fingerprint density at radius 1 is 1.71 bits per heavy atom. The number of anilines is 1. The molecule has 0 aromatic carbocycles. The Kier molecular flexibility index (Phi) is 3.20. The Morgan fingerprint density at radius 3 is 3.00 bits per heavy atom. The van der Waals surface area contributed by atoms with E-state index in [1.54, 1.807) is 0 Å². The molecule has 1 N–H and O–H groups in total. The van der Waals surface area contributed by atoms with Gasteiger partial charge in [0.25, 0.3) is 0 Å². The molecule has 0 saturated carbocycles. The summed E-state index contributed by atoms with van der Waals surface area (Å²) in [7, 11) is 0. The number of nitro groups is 1. The molecule has 7 heteroatoms. The smallest absolute Gasteiger partial charge is 0.348 e. The zero-order valence-corrected chi connectivity index (χ0v) is 7.65. The molecule has 6 nitrogen and oxygen atoms in total. The molecule has 14 heavy (non-hydrogen) atoms. The van der Waals surface area contributed by atoms with E-state index < -0.39 is 4.92 Å². The average Bonchev–Trinajstić information content (AvgIpc) is 2.14. The third-order valence-corrected chi connectivity index (χ3v) is 1.59. The lowest BCUT2D eigenvalue weighted by Gasteiger charge is -2.02. The normalized spacial score (nSPS) is 9.14. The number of nitrogens with one attached hydrogen (secondary N) is 1. The van der Waals surface area contributed by atoms with E-state index in [1.807, 2.05) is 0 Å². The fourth-order valence-corrected chi connectivity index (χ4v) is 0.985. The Labute approximate surface area is 84.5 Å². The molecule has 0 spiro atoms. The Balaban J connectivity index is 3.09. The number of nitrogens with zero attached hydrogens (tertiary/aromatic N) is 3. The third kappa shape index (κ3) is 2.08. The van der Waals surface area contributed by atoms with Gasteiger partial charge in [-0.1, -0.05) is 17.5 Å². The Bertz CT molecular complexity index is 401. The summed E-state index contributed by atoms with van der Waals surface area (Å²) >= 11 is 5.52. The van der Waals surface area contributed by atoms with Crippen molar-refractivity contribution < 1.29 is 4.92 Å². The van der Waals surface area contributed by atoms with E-state index in [0.29, 0.717) is 0 Å². The molecule has 1 rings (SSSR count). The Hall–Kier alpha value is -1.87. The largest absolute Gasteiger partial charge is 0.353 e. The van der Waals surface area contributed by atoms with Crippen LogP contribution in [0.3, 0.4) is 0 Å². The average molecular weight is 213 g/mol. The lowest BCUT2D eigenvalue weighted by atomic mass is 10.4. The van der Waals surface area contributed by atoms with Crippen molar-refractivity contribution in [3.05, 3.63) is 21.6 Å². The van der Waals surface area contributed by atoms with Gasteiger partial charge in [0.1, 0.15) is 6.33 Å². The van der Waals surface area contributed by atoms with E-state index >= 15 is 0 Å². The molecule has 0 radical (unpaired) electrons. The van der Waals surface area contributed by atoms with Gasteiger partial charge in [0.15, 0.2) is 0 Å². The predicted octanol–water partition coefficient (Wildman–Crippen LogP) is 1.08. The highest BCUT2D eigenvalue weighted by Gasteiger charge is 2.20. The monoisotopic (exact) mass is 212 g/mol. The second kappa shape index (κ2) is 4.39. The van der Waals surface area contributed by atoms with Crippen LogP contribution in [0.15, 0.2) is 6.33 Å². The van der Waals surface area contributed by atoms with Crippen molar-refractivity contribution in [1.29, 1.82) is 0 Å². The standard InChI is InChI=1S/C7H5ClN4O2/c1-2-3-9-7-5(12(13)14)6(8)10-4-11-7/h1,4H,3H2,(H,9,10,11). The van der Waals surface area contributed by atoms with Gasteiger partial charge in [-0.05, 0) is 0 Å². The summed E-state index contributed by atoms with van der Waals surface area (Å²) in [6.45, 7) is 0.133. The molecule has 1 aromatic rings. The highest BCUT2D eigenvalue weighted by atomic mass is 35.5. The summed E-state index contributed by atoms with van der Waals surface area (Å²) in [4.78, 5) is 17.0. The van der Waals surface area contributed by atoms with E-state index in [0.717, 1.165) is 6.33 Å². The molecule has 0 unspecified atom stereocenters. The number of hydrogen-bond acceptors (Lipinski definition) is 5. The lowest BCUT2D eigenvalue weighted by molar-refractivity contribution is -0.384. The molecule has 0 aliphatic heterocycles. The van der Waals surface area contributed by atoms with Crippen LogP contribution in [0.2, 0.25) is 5.15 Å². The van der Waals surface area contributed by atoms with Crippen molar-refractivity contribution in [2.75, 3.05) is 11.9 Å². The molecule has 1 aromatic heterocycles. The fourth-order valence-electron chi connectivity index (χ4n) is 0.783. The first kappa shape index (κ1) is 10.2. The second-order valence-electron chi connectivity index (χ2n) is 2.18. The first-order chi connectivity index (χ1) is 6.66. The maximum absolute atomic E-state index is 10.6. The highest BCUT2D eigenvalue weighted by molar-refractivity contribution is 6.31. The van der Waals surface area contributed by atoms with Crippen LogP contribution in [0.4, 0.5) is 11.5 Å². The van der Waals surface area contributed by atoms with Crippen molar-refractivity contribution in [1.82, 2.24) is 9.97 Å². The van der Waals surface area contributed by atoms with Crippen LogP contribution >= 0.6 is 11.6 Å². The molecule has 0 aliphatic carbocycles. The predicted molar refractivity (Wildman–Crippen MR) is 51.0 cm³/mol. The minimum Gasteiger partial charge on any atom is -0.353 e. The maximum Gasteiger partial charge on any atom is 0.348 e. The van der Waals surface area contributed by atoms with Crippen LogP contribution < -0.4 is 5.32 Å². The van der Waals surface area contributed by atoms with Crippen LogP contribution in [0.25, 0.3) is 0 Å². The number of rotatable bonds is 3. The van der Waals surface area contributed by atoms with Gasteiger partial charge in [0.05, 0.1) is 11.5 Å². The molecule has 0 saturated heterocycles. The molecule has 0 fully saturated rings. The molecule has 0 bridgehead atoms. The van der Waals surface area contributed by atoms with Crippen LogP contribution in [0, 0.1) is 22.5 Å². The van der Waals surface area contributed by atoms with Gasteiger partial charge >= 0.3 is 5.69 Å². The zero-order valence-electron chi connectivity index (χ0n) is 6.90. The number of halogens is 1. The summed E-state index contributed by atoms with van der Waals surface area (Å²) in [5.41, 5.74) is -0.371. The van der Waals surface area contributed by atoms with E-state index in [9.17, 15) is 10.1 Å². The number of aromatic nitrogens is 2. The van der Waals surface area contributed by atoms with Gasteiger partial charge in [0, 0.05) is 0 Å². The molecule has 0 amide bonds. The van der Waals surface area contributed by atoms with Crippen molar-refractivity contribution in [3.8, 4) is 12.3 Å². The van der Waals surface area contributed by atoms with Gasteiger partial charge in [-0.15, -0.1) is 6.42 Å². The summed E-state index contributed by atoms with van der Waals surface area (Å²) < 4.78 is 0. The van der Waals surface area contributed by atoms with Gasteiger partial charge in [0.2, 0.25) is 11.0 Å².